The second kappa shape index (κ2) is 12.3. The van der Waals surface area contributed by atoms with Gasteiger partial charge >= 0.3 is 6.18 Å². The van der Waals surface area contributed by atoms with Crippen molar-refractivity contribution in [3.8, 4) is 11.5 Å². The van der Waals surface area contributed by atoms with Crippen molar-refractivity contribution < 1.29 is 22.7 Å². The molecule has 0 aliphatic carbocycles. The second-order valence-corrected chi connectivity index (χ2v) is 9.18. The maximum Gasteiger partial charge on any atom is 0.416 e. The maximum absolute atomic E-state index is 13.9. The van der Waals surface area contributed by atoms with E-state index in [2.05, 4.69) is 27.4 Å². The Morgan fingerprint density at radius 3 is 2.34 bits per heavy atom. The highest BCUT2D eigenvalue weighted by Crippen LogP contribution is 2.34. The maximum atomic E-state index is 13.9. The highest BCUT2D eigenvalue weighted by molar-refractivity contribution is 5.92. The smallest absolute Gasteiger partial charge is 0.416 e. The van der Waals surface area contributed by atoms with E-state index in [1.165, 1.54) is 12.1 Å². The summed E-state index contributed by atoms with van der Waals surface area (Å²) in [6.45, 7) is 6.40. The van der Waals surface area contributed by atoms with Gasteiger partial charge in [-0.2, -0.15) is 13.2 Å². The zero-order valence-corrected chi connectivity index (χ0v) is 21.5. The van der Waals surface area contributed by atoms with Crippen LogP contribution in [0, 0.1) is 0 Å². The van der Waals surface area contributed by atoms with Crippen molar-refractivity contribution in [1.29, 1.82) is 0 Å². The fraction of sp³-hybridized carbons (Fsp3) is 0.357. The third-order valence-electron chi connectivity index (χ3n) is 6.52. The molecule has 2 heterocycles. The molecule has 1 fully saturated rings. The summed E-state index contributed by atoms with van der Waals surface area (Å²) >= 11 is 0. The van der Waals surface area contributed by atoms with Crippen molar-refractivity contribution in [3.05, 3.63) is 77.5 Å². The molecule has 1 aromatic heterocycles. The number of halogens is 3. The van der Waals surface area contributed by atoms with Gasteiger partial charge in [-0.1, -0.05) is 25.1 Å². The number of alkyl halides is 3. The fourth-order valence-corrected chi connectivity index (χ4v) is 4.37. The Balaban J connectivity index is 1.37. The Bertz CT molecular complexity index is 1230. The van der Waals surface area contributed by atoms with Crippen LogP contribution in [0.1, 0.15) is 23.6 Å². The van der Waals surface area contributed by atoms with Crippen molar-refractivity contribution in [1.82, 2.24) is 14.8 Å². The van der Waals surface area contributed by atoms with Crippen LogP contribution in [0.4, 0.5) is 24.7 Å². The molecule has 4 rings (SSSR count). The number of rotatable bonds is 9. The molecule has 38 heavy (non-hydrogen) atoms. The van der Waals surface area contributed by atoms with Gasteiger partial charge in [0.05, 0.1) is 12.0 Å². The van der Waals surface area contributed by atoms with Gasteiger partial charge in [0.2, 0.25) is 5.91 Å². The van der Waals surface area contributed by atoms with E-state index in [0.29, 0.717) is 22.9 Å². The molecule has 1 aliphatic rings. The van der Waals surface area contributed by atoms with E-state index >= 15 is 0 Å². The number of pyridine rings is 1. The van der Waals surface area contributed by atoms with E-state index in [9.17, 15) is 18.0 Å². The molecule has 1 amide bonds. The predicted molar refractivity (Wildman–Crippen MR) is 141 cm³/mol. The number of benzene rings is 2. The van der Waals surface area contributed by atoms with Gasteiger partial charge in [0.1, 0.15) is 17.3 Å². The largest absolute Gasteiger partial charge is 0.457 e. The van der Waals surface area contributed by atoms with Crippen LogP contribution >= 0.6 is 0 Å². The van der Waals surface area contributed by atoms with Crippen molar-refractivity contribution in [2.75, 3.05) is 50.4 Å². The number of anilines is 2. The van der Waals surface area contributed by atoms with Crippen molar-refractivity contribution in [2.45, 2.75) is 26.1 Å². The highest BCUT2D eigenvalue weighted by Gasteiger charge is 2.34. The summed E-state index contributed by atoms with van der Waals surface area (Å²) in [5.74, 6) is 1.47. The number of aromatic nitrogens is 1. The van der Waals surface area contributed by atoms with Gasteiger partial charge in [0.15, 0.2) is 0 Å². The van der Waals surface area contributed by atoms with Crippen molar-refractivity contribution in [2.24, 2.45) is 0 Å². The molecule has 202 valence electrons. The summed E-state index contributed by atoms with van der Waals surface area (Å²) < 4.78 is 47.4. The van der Waals surface area contributed by atoms with Crippen LogP contribution < -0.4 is 15.4 Å². The molecular weight excluding hydrogens is 495 g/mol. The Morgan fingerprint density at radius 1 is 0.974 bits per heavy atom. The summed E-state index contributed by atoms with van der Waals surface area (Å²) in [5, 5.41) is 5.55. The molecule has 2 N–H and O–H groups in total. The molecule has 1 saturated heterocycles. The van der Waals surface area contributed by atoms with Gasteiger partial charge < -0.3 is 20.3 Å². The lowest BCUT2D eigenvalue weighted by Crippen LogP contribution is -2.45. The topological polar surface area (TPSA) is 69.7 Å². The van der Waals surface area contributed by atoms with E-state index in [1.807, 2.05) is 4.90 Å². The molecule has 0 bridgehead atoms. The predicted octanol–water partition coefficient (Wildman–Crippen LogP) is 5.25. The Hall–Kier alpha value is -3.63. The molecule has 0 saturated carbocycles. The molecular formula is C28H32F3N5O2. The monoisotopic (exact) mass is 527 g/mol. The van der Waals surface area contributed by atoms with Crippen LogP contribution in [0.5, 0.6) is 11.5 Å². The van der Waals surface area contributed by atoms with Crippen LogP contribution in [-0.4, -0.2) is 60.5 Å². The first kappa shape index (κ1) is 27.4. The molecule has 3 aromatic rings. The van der Waals surface area contributed by atoms with Gasteiger partial charge in [0, 0.05) is 57.7 Å². The highest BCUT2D eigenvalue weighted by atomic mass is 19.4. The number of nitrogens with one attached hydrogen (secondary N) is 2. The van der Waals surface area contributed by atoms with E-state index in [-0.39, 0.29) is 24.2 Å². The third kappa shape index (κ3) is 7.45. The first-order valence-corrected chi connectivity index (χ1v) is 12.6. The second-order valence-electron chi connectivity index (χ2n) is 9.18. The number of hydrogen-bond donors (Lipinski definition) is 2. The SMILES string of the molecule is CCN1CCN(Cc2ccc(NC(=O)Cc3ccc(Oc4ccnc(NC)c4)cc3)cc2C(F)(F)F)CC1. The summed E-state index contributed by atoms with van der Waals surface area (Å²) in [4.78, 5) is 21.1. The average Bonchev–Trinajstić information content (AvgIpc) is 2.90. The molecule has 0 radical (unpaired) electrons. The number of carbonyl (C=O) groups excluding carboxylic acids is 1. The molecule has 1 aliphatic heterocycles. The number of nitrogens with zero attached hydrogens (tertiary/aromatic N) is 3. The van der Waals surface area contributed by atoms with Gasteiger partial charge in [0.25, 0.3) is 0 Å². The minimum absolute atomic E-state index is 0.0181. The lowest BCUT2D eigenvalue weighted by atomic mass is 10.0. The van der Waals surface area contributed by atoms with Gasteiger partial charge in [-0.15, -0.1) is 0 Å². The van der Waals surface area contributed by atoms with E-state index in [4.69, 9.17) is 4.74 Å². The number of likely N-dealkylation sites (N-methyl/N-ethyl adjacent to an activating group) is 1. The zero-order valence-electron chi connectivity index (χ0n) is 21.5. The fourth-order valence-electron chi connectivity index (χ4n) is 4.37. The first-order valence-electron chi connectivity index (χ1n) is 12.6. The number of ether oxygens (including phenoxy) is 1. The molecule has 0 spiro atoms. The Labute approximate surface area is 220 Å². The minimum Gasteiger partial charge on any atom is -0.457 e. The van der Waals surface area contributed by atoms with Crippen LogP contribution in [-0.2, 0) is 23.9 Å². The van der Waals surface area contributed by atoms with E-state index in [1.54, 1.807) is 49.6 Å². The van der Waals surface area contributed by atoms with Crippen LogP contribution in [0.15, 0.2) is 60.8 Å². The Morgan fingerprint density at radius 2 is 1.68 bits per heavy atom. The summed E-state index contributed by atoms with van der Waals surface area (Å²) in [6.07, 6.45) is -2.87. The number of amides is 1. The van der Waals surface area contributed by atoms with Gasteiger partial charge in [-0.25, -0.2) is 4.98 Å². The van der Waals surface area contributed by atoms with E-state index in [0.717, 1.165) is 38.8 Å². The molecule has 7 nitrogen and oxygen atoms in total. The van der Waals surface area contributed by atoms with Crippen molar-refractivity contribution in [3.63, 3.8) is 0 Å². The van der Waals surface area contributed by atoms with Gasteiger partial charge in [-0.05, 0) is 48.0 Å². The van der Waals surface area contributed by atoms with Crippen molar-refractivity contribution >= 4 is 17.4 Å². The lowest BCUT2D eigenvalue weighted by Gasteiger charge is -2.34. The van der Waals surface area contributed by atoms with Crippen LogP contribution in [0.25, 0.3) is 0 Å². The standard InChI is InChI=1S/C28H32F3N5O2/c1-3-35-12-14-36(15-13-35)19-21-6-7-22(17-25(21)28(29,30)31)34-27(37)16-20-4-8-23(9-5-20)38-24-10-11-33-26(18-24)32-2/h4-11,17-18H,3,12-16,19H2,1-2H3,(H,32,33)(H,34,37). The average molecular weight is 528 g/mol. The first-order chi connectivity index (χ1) is 18.2. The van der Waals surface area contributed by atoms with Crippen LogP contribution in [0.2, 0.25) is 0 Å². The summed E-state index contributed by atoms with van der Waals surface area (Å²) in [5.41, 5.74) is 0.332. The third-order valence-corrected chi connectivity index (χ3v) is 6.52. The van der Waals surface area contributed by atoms with Gasteiger partial charge in [-0.3, -0.25) is 9.69 Å². The number of carbonyl (C=O) groups is 1. The molecule has 2 aromatic carbocycles. The zero-order chi connectivity index (χ0) is 27.1. The lowest BCUT2D eigenvalue weighted by molar-refractivity contribution is -0.138. The Kier molecular flexibility index (Phi) is 8.85. The van der Waals surface area contributed by atoms with E-state index < -0.39 is 17.6 Å². The molecule has 10 heteroatoms. The summed E-state index contributed by atoms with van der Waals surface area (Å²) in [7, 11) is 1.76. The molecule has 0 atom stereocenters. The quantitative estimate of drug-likeness (QED) is 0.396. The number of piperazine rings is 1. The number of hydrogen-bond acceptors (Lipinski definition) is 6. The molecule has 0 unspecified atom stereocenters. The van der Waals surface area contributed by atoms with Crippen LogP contribution in [0.3, 0.4) is 0 Å². The minimum atomic E-state index is -4.51. The normalized spacial score (nSPS) is 14.8. The summed E-state index contributed by atoms with van der Waals surface area (Å²) in [6, 6.07) is 14.5.